The van der Waals surface area contributed by atoms with Gasteiger partial charge in [-0.25, -0.2) is 4.98 Å². The smallest absolute Gasteiger partial charge is 0.181 e. The molecule has 2 rings (SSSR count). The molecule has 1 aromatic heterocycles. The molecule has 0 amide bonds. The molecule has 1 heterocycles. The molecule has 2 aromatic rings. The van der Waals surface area contributed by atoms with Gasteiger partial charge in [0.05, 0.1) is 10.2 Å². The standard InChI is InChI=1S/C7H6N2OS/c8-7-9-4-2-1-3-5(10)6(4)11-7/h1-3,10H,(H2,8,9). The minimum Gasteiger partial charge on any atom is -0.506 e. The van der Waals surface area contributed by atoms with Gasteiger partial charge < -0.3 is 10.8 Å². The molecule has 0 saturated heterocycles. The predicted octanol–water partition coefficient (Wildman–Crippen LogP) is 1.58. The highest BCUT2D eigenvalue weighted by atomic mass is 32.1. The zero-order chi connectivity index (χ0) is 7.84. The van der Waals surface area contributed by atoms with Crippen LogP contribution in [0.4, 0.5) is 5.13 Å². The second-order valence-corrected chi connectivity index (χ2v) is 3.21. The van der Waals surface area contributed by atoms with Crippen molar-refractivity contribution in [3.05, 3.63) is 18.2 Å². The SMILES string of the molecule is Nc1nc2cccc(O)c2s1. The van der Waals surface area contributed by atoms with E-state index >= 15 is 0 Å². The van der Waals surface area contributed by atoms with E-state index in [1.807, 2.05) is 6.07 Å². The van der Waals surface area contributed by atoms with Crippen LogP contribution >= 0.6 is 11.3 Å². The Kier molecular flexibility index (Phi) is 1.22. The van der Waals surface area contributed by atoms with Crippen LogP contribution in [0.2, 0.25) is 0 Å². The topological polar surface area (TPSA) is 59.1 Å². The van der Waals surface area contributed by atoms with Crippen molar-refractivity contribution in [1.29, 1.82) is 0 Å². The average Bonchev–Trinajstić information content (AvgIpc) is 2.31. The number of hydrogen-bond acceptors (Lipinski definition) is 4. The molecule has 0 bridgehead atoms. The fourth-order valence-electron chi connectivity index (χ4n) is 0.952. The van der Waals surface area contributed by atoms with Crippen LogP contribution in [-0.2, 0) is 0 Å². The van der Waals surface area contributed by atoms with Crippen LogP contribution in [0.5, 0.6) is 5.75 Å². The van der Waals surface area contributed by atoms with Crippen LogP contribution < -0.4 is 5.73 Å². The molecule has 3 nitrogen and oxygen atoms in total. The van der Waals surface area contributed by atoms with Gasteiger partial charge in [-0.05, 0) is 12.1 Å². The molecular formula is C7H6N2OS. The van der Waals surface area contributed by atoms with Gasteiger partial charge in [0.15, 0.2) is 5.13 Å². The van der Waals surface area contributed by atoms with Crippen LogP contribution in [0, 0.1) is 0 Å². The third kappa shape index (κ3) is 0.914. The van der Waals surface area contributed by atoms with Crippen LogP contribution in [0.15, 0.2) is 18.2 Å². The van der Waals surface area contributed by atoms with Crippen LogP contribution in [-0.4, -0.2) is 10.1 Å². The third-order valence-corrected chi connectivity index (χ3v) is 2.33. The van der Waals surface area contributed by atoms with Crippen molar-refractivity contribution in [3.63, 3.8) is 0 Å². The summed E-state index contributed by atoms with van der Waals surface area (Å²) in [5.41, 5.74) is 6.21. The lowest BCUT2D eigenvalue weighted by Gasteiger charge is -1.88. The summed E-state index contributed by atoms with van der Waals surface area (Å²) >= 11 is 1.30. The number of nitrogen functional groups attached to an aromatic ring is 1. The number of thiazole rings is 1. The lowest BCUT2D eigenvalue weighted by atomic mass is 10.3. The Morgan fingerprint density at radius 2 is 2.27 bits per heavy atom. The Morgan fingerprint density at radius 3 is 3.00 bits per heavy atom. The number of hydrogen-bond donors (Lipinski definition) is 2. The summed E-state index contributed by atoms with van der Waals surface area (Å²) in [4.78, 5) is 4.01. The van der Waals surface area contributed by atoms with Crippen molar-refractivity contribution < 1.29 is 5.11 Å². The Labute approximate surface area is 67.1 Å². The molecule has 3 N–H and O–H groups in total. The van der Waals surface area contributed by atoms with Gasteiger partial charge in [0, 0.05) is 0 Å². The quantitative estimate of drug-likeness (QED) is 0.624. The van der Waals surface area contributed by atoms with E-state index < -0.39 is 0 Å². The highest BCUT2D eigenvalue weighted by molar-refractivity contribution is 7.22. The maximum atomic E-state index is 9.30. The number of aromatic nitrogens is 1. The van der Waals surface area contributed by atoms with Crippen molar-refractivity contribution in [2.45, 2.75) is 0 Å². The van der Waals surface area contributed by atoms with Gasteiger partial charge in [0.2, 0.25) is 0 Å². The van der Waals surface area contributed by atoms with Crippen molar-refractivity contribution in [3.8, 4) is 5.75 Å². The summed E-state index contributed by atoms with van der Waals surface area (Å²) in [5.74, 6) is 0.247. The largest absolute Gasteiger partial charge is 0.506 e. The highest BCUT2D eigenvalue weighted by Crippen LogP contribution is 2.30. The van der Waals surface area contributed by atoms with E-state index in [4.69, 9.17) is 5.73 Å². The first-order valence-electron chi connectivity index (χ1n) is 3.11. The zero-order valence-corrected chi connectivity index (χ0v) is 6.43. The number of anilines is 1. The summed E-state index contributed by atoms with van der Waals surface area (Å²) in [7, 11) is 0. The highest BCUT2D eigenvalue weighted by Gasteiger charge is 2.03. The number of benzene rings is 1. The molecular weight excluding hydrogens is 160 g/mol. The Hall–Kier alpha value is -1.29. The van der Waals surface area contributed by atoms with Gasteiger partial charge in [-0.3, -0.25) is 0 Å². The number of aromatic hydroxyl groups is 1. The lowest BCUT2D eigenvalue weighted by molar-refractivity contribution is 0.482. The van der Waals surface area contributed by atoms with Gasteiger partial charge in [-0.1, -0.05) is 17.4 Å². The maximum Gasteiger partial charge on any atom is 0.181 e. The Bertz CT molecular complexity index is 396. The van der Waals surface area contributed by atoms with E-state index in [0.29, 0.717) is 5.13 Å². The number of phenolic OH excluding ortho intramolecular Hbond substituents is 1. The second-order valence-electron chi connectivity index (χ2n) is 2.18. The molecule has 0 atom stereocenters. The van der Waals surface area contributed by atoms with Crippen molar-refractivity contribution in [2.24, 2.45) is 0 Å². The Morgan fingerprint density at radius 1 is 1.45 bits per heavy atom. The summed E-state index contributed by atoms with van der Waals surface area (Å²) in [6.45, 7) is 0. The first-order chi connectivity index (χ1) is 5.27. The minimum absolute atomic E-state index is 0.247. The fraction of sp³-hybridized carbons (Fsp3) is 0. The minimum atomic E-state index is 0.247. The Balaban J connectivity index is 2.90. The molecule has 0 fully saturated rings. The summed E-state index contributed by atoms with van der Waals surface area (Å²) in [6, 6.07) is 5.19. The van der Waals surface area contributed by atoms with E-state index in [1.165, 1.54) is 11.3 Å². The molecule has 0 spiro atoms. The van der Waals surface area contributed by atoms with Gasteiger partial charge >= 0.3 is 0 Å². The number of rotatable bonds is 0. The lowest BCUT2D eigenvalue weighted by Crippen LogP contribution is -1.78. The van der Waals surface area contributed by atoms with E-state index in [-0.39, 0.29) is 5.75 Å². The van der Waals surface area contributed by atoms with Crippen LogP contribution in [0.3, 0.4) is 0 Å². The van der Waals surface area contributed by atoms with E-state index in [1.54, 1.807) is 12.1 Å². The molecule has 1 aromatic carbocycles. The van der Waals surface area contributed by atoms with E-state index in [9.17, 15) is 5.11 Å². The van der Waals surface area contributed by atoms with Gasteiger partial charge in [0.1, 0.15) is 5.75 Å². The average molecular weight is 166 g/mol. The summed E-state index contributed by atoms with van der Waals surface area (Å²) < 4.78 is 0.755. The van der Waals surface area contributed by atoms with Gasteiger partial charge in [0.25, 0.3) is 0 Å². The molecule has 0 saturated carbocycles. The van der Waals surface area contributed by atoms with Crippen LogP contribution in [0.25, 0.3) is 10.2 Å². The molecule has 0 aliphatic heterocycles. The van der Waals surface area contributed by atoms with Crippen molar-refractivity contribution in [1.82, 2.24) is 4.98 Å². The number of phenols is 1. The monoisotopic (exact) mass is 166 g/mol. The molecule has 0 aliphatic rings. The van der Waals surface area contributed by atoms with Gasteiger partial charge in [-0.2, -0.15) is 0 Å². The molecule has 0 unspecified atom stereocenters. The second kappa shape index (κ2) is 2.10. The number of nitrogens with two attached hydrogens (primary N) is 1. The number of fused-ring (bicyclic) bond motifs is 1. The van der Waals surface area contributed by atoms with Crippen molar-refractivity contribution in [2.75, 3.05) is 5.73 Å². The van der Waals surface area contributed by atoms with Crippen molar-refractivity contribution >= 4 is 26.7 Å². The molecule has 4 heteroatoms. The third-order valence-electron chi connectivity index (χ3n) is 1.41. The first kappa shape index (κ1) is 6.42. The first-order valence-corrected chi connectivity index (χ1v) is 3.93. The zero-order valence-electron chi connectivity index (χ0n) is 5.61. The van der Waals surface area contributed by atoms with Gasteiger partial charge in [-0.15, -0.1) is 0 Å². The molecule has 56 valence electrons. The van der Waals surface area contributed by atoms with E-state index in [2.05, 4.69) is 4.98 Å². The molecule has 0 radical (unpaired) electrons. The normalized spacial score (nSPS) is 10.5. The molecule has 0 aliphatic carbocycles. The maximum absolute atomic E-state index is 9.30. The summed E-state index contributed by atoms with van der Waals surface area (Å²) in [5, 5.41) is 9.79. The fourth-order valence-corrected chi connectivity index (χ4v) is 1.70. The van der Waals surface area contributed by atoms with Crippen LogP contribution in [0.1, 0.15) is 0 Å². The predicted molar refractivity (Wildman–Crippen MR) is 45.7 cm³/mol. The molecule has 11 heavy (non-hydrogen) atoms. The summed E-state index contributed by atoms with van der Waals surface area (Å²) in [6.07, 6.45) is 0. The number of nitrogens with zero attached hydrogens (tertiary/aromatic N) is 1. The van der Waals surface area contributed by atoms with E-state index in [0.717, 1.165) is 10.2 Å².